The van der Waals surface area contributed by atoms with E-state index in [0.717, 1.165) is 44.1 Å². The van der Waals surface area contributed by atoms with Gasteiger partial charge in [0.1, 0.15) is 23.2 Å². The average molecular weight is 569 g/mol. The van der Waals surface area contributed by atoms with E-state index in [-0.39, 0.29) is 63.3 Å². The van der Waals surface area contributed by atoms with E-state index in [4.69, 9.17) is 14.2 Å². The zero-order valence-electron chi connectivity index (χ0n) is 26.4. The van der Waals surface area contributed by atoms with E-state index in [1.165, 1.54) is 13.8 Å². The molecule has 1 heterocycles. The lowest BCUT2D eigenvalue weighted by Crippen LogP contribution is -2.69. The molecule has 5 fully saturated rings. The summed E-state index contributed by atoms with van der Waals surface area (Å²) in [7, 11) is 0. The topological polar surface area (TPSA) is 96.0 Å². The second kappa shape index (κ2) is 8.25. The van der Waals surface area contributed by atoms with Gasteiger partial charge in [-0.2, -0.15) is 0 Å². The van der Waals surface area contributed by atoms with E-state index in [9.17, 15) is 19.2 Å². The number of carbonyl (C=O) groups is 4. The third kappa shape index (κ3) is 3.32. The Balaban J connectivity index is 1.45. The predicted molar refractivity (Wildman–Crippen MR) is 151 cm³/mol. The molecule has 4 saturated carbocycles. The van der Waals surface area contributed by atoms with Crippen molar-refractivity contribution in [1.29, 1.82) is 0 Å². The molecule has 5 aliphatic carbocycles. The van der Waals surface area contributed by atoms with Crippen LogP contribution in [0.1, 0.15) is 114 Å². The van der Waals surface area contributed by atoms with Crippen LogP contribution in [0.15, 0.2) is 11.6 Å². The van der Waals surface area contributed by atoms with Gasteiger partial charge < -0.3 is 14.2 Å². The van der Waals surface area contributed by atoms with Gasteiger partial charge >= 0.3 is 17.9 Å². The Morgan fingerprint density at radius 3 is 2.12 bits per heavy atom. The molecule has 7 nitrogen and oxygen atoms in total. The van der Waals surface area contributed by atoms with E-state index >= 15 is 0 Å². The van der Waals surface area contributed by atoms with Crippen LogP contribution in [0.3, 0.4) is 0 Å². The maximum Gasteiger partial charge on any atom is 0.316 e. The highest BCUT2D eigenvalue weighted by Gasteiger charge is 2.78. The van der Waals surface area contributed by atoms with Crippen molar-refractivity contribution in [2.75, 3.05) is 0 Å². The smallest absolute Gasteiger partial charge is 0.316 e. The van der Waals surface area contributed by atoms with Crippen molar-refractivity contribution in [3.8, 4) is 0 Å². The zero-order chi connectivity index (χ0) is 30.2. The minimum absolute atomic E-state index is 0.152. The Labute approximate surface area is 244 Å². The fourth-order valence-electron chi connectivity index (χ4n) is 11.7. The van der Waals surface area contributed by atoms with Crippen LogP contribution in [0.25, 0.3) is 0 Å². The molecule has 41 heavy (non-hydrogen) atoms. The van der Waals surface area contributed by atoms with E-state index < -0.39 is 22.5 Å². The van der Waals surface area contributed by atoms with E-state index in [2.05, 4.69) is 41.5 Å². The molecule has 0 aromatic rings. The van der Waals surface area contributed by atoms with Gasteiger partial charge in [0.05, 0.1) is 0 Å². The largest absolute Gasteiger partial charge is 0.462 e. The molecule has 1 saturated heterocycles. The summed E-state index contributed by atoms with van der Waals surface area (Å²) in [5, 5.41) is 0. The van der Waals surface area contributed by atoms with E-state index in [0.29, 0.717) is 12.8 Å². The summed E-state index contributed by atoms with van der Waals surface area (Å²) in [4.78, 5) is 52.2. The van der Waals surface area contributed by atoms with Crippen LogP contribution in [0.2, 0.25) is 0 Å². The summed E-state index contributed by atoms with van der Waals surface area (Å²) >= 11 is 0. The Morgan fingerprint density at radius 1 is 0.854 bits per heavy atom. The second-order valence-corrected chi connectivity index (χ2v) is 16.4. The summed E-state index contributed by atoms with van der Waals surface area (Å²) in [5.74, 6) is -0.717. The fraction of sp³-hybridized carbons (Fsp3) is 0.824. The molecule has 226 valence electrons. The first-order chi connectivity index (χ1) is 18.8. The van der Waals surface area contributed by atoms with Crippen LogP contribution in [0, 0.1) is 44.3 Å². The average Bonchev–Trinajstić information content (AvgIpc) is 3.09. The molecule has 0 aromatic heterocycles. The Bertz CT molecular complexity index is 1280. The Morgan fingerprint density at radius 2 is 1.49 bits per heavy atom. The van der Waals surface area contributed by atoms with Gasteiger partial charge in [-0.3, -0.25) is 19.2 Å². The standard InChI is InChI=1S/C34H48O7/c1-19(35)39-24-11-12-30(6)22(28(24,3)4)10-13-33(9)26(30)21(37)16-23-32(33,8)15-14-29(5)17-25(40-20(2)36)31(7)18-34(23,29)41-27(31)38/h16,22,24-26H,10-15,17-18H2,1-9H3/t22-,24-,25+,26+,29-,30-,31-,32+,33+,34-/m0/s1. The molecule has 10 atom stereocenters. The van der Waals surface area contributed by atoms with Crippen LogP contribution in [0.4, 0.5) is 0 Å². The number of hydrogen-bond acceptors (Lipinski definition) is 7. The lowest BCUT2D eigenvalue weighted by Gasteiger charge is -2.71. The van der Waals surface area contributed by atoms with E-state index in [1.807, 2.05) is 13.0 Å². The minimum Gasteiger partial charge on any atom is -0.462 e. The fourth-order valence-corrected chi connectivity index (χ4v) is 11.7. The number of fused-ring (bicyclic) bond motifs is 6. The molecule has 6 aliphatic rings. The lowest BCUT2D eigenvalue weighted by atomic mass is 9.33. The number of ketones is 1. The number of carbonyl (C=O) groups excluding carboxylic acids is 4. The first-order valence-corrected chi connectivity index (χ1v) is 15.7. The van der Waals surface area contributed by atoms with Crippen molar-refractivity contribution < 1.29 is 33.4 Å². The van der Waals surface area contributed by atoms with E-state index in [1.54, 1.807) is 0 Å². The highest BCUT2D eigenvalue weighted by atomic mass is 16.6. The van der Waals surface area contributed by atoms with Gasteiger partial charge in [0, 0.05) is 37.0 Å². The quantitative estimate of drug-likeness (QED) is 0.292. The number of ether oxygens (including phenoxy) is 3. The van der Waals surface area contributed by atoms with Crippen LogP contribution >= 0.6 is 0 Å². The molecule has 2 bridgehead atoms. The van der Waals surface area contributed by atoms with Gasteiger partial charge in [0.2, 0.25) is 0 Å². The van der Waals surface area contributed by atoms with Crippen LogP contribution in [-0.2, 0) is 33.4 Å². The molecule has 6 rings (SSSR count). The van der Waals surface area contributed by atoms with Gasteiger partial charge in [-0.1, -0.05) is 41.5 Å². The van der Waals surface area contributed by atoms with Crippen molar-refractivity contribution in [3.05, 3.63) is 11.6 Å². The molecule has 1 spiro atoms. The maximum atomic E-state index is 14.6. The van der Waals surface area contributed by atoms with Crippen molar-refractivity contribution >= 4 is 23.7 Å². The molecule has 0 N–H and O–H groups in total. The third-order valence-electron chi connectivity index (χ3n) is 14.0. The van der Waals surface area contributed by atoms with Gasteiger partial charge in [-0.05, 0) is 85.7 Å². The first-order valence-electron chi connectivity index (χ1n) is 15.7. The number of hydrogen-bond donors (Lipinski definition) is 0. The van der Waals surface area contributed by atoms with Gasteiger partial charge in [-0.25, -0.2) is 0 Å². The molecule has 1 aliphatic heterocycles. The number of allylic oxidation sites excluding steroid dienone is 1. The molecule has 7 heteroatoms. The Kier molecular flexibility index (Phi) is 5.82. The first kappa shape index (κ1) is 28.9. The highest BCUT2D eigenvalue weighted by Crippen LogP contribution is 2.77. The molecule has 0 amide bonds. The molecular formula is C34H48O7. The van der Waals surface area contributed by atoms with Gasteiger partial charge in [0.25, 0.3) is 0 Å². The molecular weight excluding hydrogens is 520 g/mol. The number of esters is 3. The van der Waals surface area contributed by atoms with Crippen molar-refractivity contribution in [2.45, 2.75) is 131 Å². The number of rotatable bonds is 2. The predicted octanol–water partition coefficient (Wildman–Crippen LogP) is 6.12. The van der Waals surface area contributed by atoms with Crippen LogP contribution < -0.4 is 0 Å². The summed E-state index contributed by atoms with van der Waals surface area (Å²) in [5.41, 5.74) is -2.36. The van der Waals surface area contributed by atoms with Crippen LogP contribution in [0.5, 0.6) is 0 Å². The summed E-state index contributed by atoms with van der Waals surface area (Å²) in [6.07, 6.45) is 7.34. The van der Waals surface area contributed by atoms with Crippen molar-refractivity contribution in [1.82, 2.24) is 0 Å². The lowest BCUT2D eigenvalue weighted by molar-refractivity contribution is -0.219. The van der Waals surface area contributed by atoms with Crippen molar-refractivity contribution in [2.24, 2.45) is 44.3 Å². The Hall–Kier alpha value is -2.18. The van der Waals surface area contributed by atoms with Crippen molar-refractivity contribution in [3.63, 3.8) is 0 Å². The zero-order valence-corrected chi connectivity index (χ0v) is 26.4. The second-order valence-electron chi connectivity index (χ2n) is 16.4. The molecule has 0 aromatic carbocycles. The monoisotopic (exact) mass is 568 g/mol. The minimum atomic E-state index is -0.937. The normalized spacial score (nSPS) is 51.2. The molecule has 0 radical (unpaired) electrons. The SMILES string of the molecule is CC(=O)O[C@H]1CC[C@]2(C)[C@H]3C(=O)C=C4[C@]56C[C@](C)(C(=O)O5)[C@H](OC(C)=O)C[C@]6(C)CC[C@@]4(C)[C@]3(C)CC[C@H]2C1(C)C. The van der Waals surface area contributed by atoms with Gasteiger partial charge in [-0.15, -0.1) is 0 Å². The maximum absolute atomic E-state index is 14.6. The molecule has 0 unspecified atom stereocenters. The summed E-state index contributed by atoms with van der Waals surface area (Å²) in [6.45, 7) is 18.3. The summed E-state index contributed by atoms with van der Waals surface area (Å²) in [6, 6.07) is 0. The van der Waals surface area contributed by atoms with Crippen LogP contribution in [-0.4, -0.2) is 41.5 Å². The summed E-state index contributed by atoms with van der Waals surface area (Å²) < 4.78 is 18.1. The van der Waals surface area contributed by atoms with Gasteiger partial charge in [0.15, 0.2) is 5.78 Å². The highest BCUT2D eigenvalue weighted by molar-refractivity contribution is 5.96. The third-order valence-corrected chi connectivity index (χ3v) is 14.0.